The van der Waals surface area contributed by atoms with Crippen molar-refractivity contribution in [1.82, 2.24) is 10.2 Å². The summed E-state index contributed by atoms with van der Waals surface area (Å²) in [6, 6.07) is 21.1. The first kappa shape index (κ1) is 30.2. The quantitative estimate of drug-likeness (QED) is 0.309. The van der Waals surface area contributed by atoms with Crippen LogP contribution in [-0.4, -0.2) is 43.8 Å². The van der Waals surface area contributed by atoms with Crippen molar-refractivity contribution in [2.24, 2.45) is 0 Å². The largest absolute Gasteiger partial charge is 0.352 e. The van der Waals surface area contributed by atoms with Gasteiger partial charge in [-0.15, -0.1) is 0 Å². The molecule has 0 aliphatic heterocycles. The van der Waals surface area contributed by atoms with Crippen molar-refractivity contribution in [3.63, 3.8) is 0 Å². The van der Waals surface area contributed by atoms with E-state index in [1.165, 1.54) is 17.0 Å². The molecule has 3 aromatic rings. The fraction of sp³-hybridized carbons (Fsp3) is 0.333. The van der Waals surface area contributed by atoms with Gasteiger partial charge in [-0.25, -0.2) is 8.42 Å². The number of carbonyl (C=O) groups excluding carboxylic acids is 2. The first-order chi connectivity index (χ1) is 18.6. The van der Waals surface area contributed by atoms with Crippen LogP contribution >= 0.6 is 11.6 Å². The molecule has 208 valence electrons. The molecular formula is C30H36ClN3O4S. The molecule has 0 unspecified atom stereocenters. The molecule has 2 amide bonds. The number of benzene rings is 3. The average Bonchev–Trinajstić information content (AvgIpc) is 2.92. The van der Waals surface area contributed by atoms with Crippen LogP contribution in [0.2, 0.25) is 5.02 Å². The lowest BCUT2D eigenvalue weighted by molar-refractivity contribution is -0.140. The maximum absolute atomic E-state index is 14.0. The van der Waals surface area contributed by atoms with Crippen LogP contribution in [0, 0.1) is 6.92 Å². The molecule has 39 heavy (non-hydrogen) atoms. The van der Waals surface area contributed by atoms with Gasteiger partial charge in [0.15, 0.2) is 0 Å². The molecule has 1 N–H and O–H groups in total. The maximum Gasteiger partial charge on any atom is 0.264 e. The average molecular weight is 570 g/mol. The van der Waals surface area contributed by atoms with Crippen LogP contribution < -0.4 is 9.62 Å². The van der Waals surface area contributed by atoms with Crippen LogP contribution in [0.15, 0.2) is 83.8 Å². The van der Waals surface area contributed by atoms with Crippen LogP contribution in [0.25, 0.3) is 0 Å². The van der Waals surface area contributed by atoms with Crippen molar-refractivity contribution >= 4 is 39.1 Å². The Balaban J connectivity index is 2.04. The van der Waals surface area contributed by atoms with Crippen LogP contribution in [0.3, 0.4) is 0 Å². The smallest absolute Gasteiger partial charge is 0.264 e. The fourth-order valence-electron chi connectivity index (χ4n) is 4.22. The summed E-state index contributed by atoms with van der Waals surface area (Å²) in [5, 5.41) is 3.42. The van der Waals surface area contributed by atoms with Gasteiger partial charge in [0, 0.05) is 17.6 Å². The van der Waals surface area contributed by atoms with E-state index in [-0.39, 0.29) is 23.4 Å². The van der Waals surface area contributed by atoms with E-state index in [4.69, 9.17) is 11.6 Å². The number of nitrogens with one attached hydrogen (secondary N) is 1. The molecule has 3 aromatic carbocycles. The van der Waals surface area contributed by atoms with E-state index < -0.39 is 28.5 Å². The van der Waals surface area contributed by atoms with Crippen molar-refractivity contribution in [3.8, 4) is 0 Å². The van der Waals surface area contributed by atoms with Gasteiger partial charge in [0.05, 0.1) is 10.6 Å². The Bertz CT molecular complexity index is 1360. The van der Waals surface area contributed by atoms with E-state index in [1.54, 1.807) is 42.5 Å². The molecule has 7 nitrogen and oxygen atoms in total. The third kappa shape index (κ3) is 7.83. The highest BCUT2D eigenvalue weighted by Gasteiger charge is 2.33. The predicted octanol–water partition coefficient (Wildman–Crippen LogP) is 5.57. The number of hydrogen-bond acceptors (Lipinski definition) is 4. The molecule has 0 aliphatic carbocycles. The minimum Gasteiger partial charge on any atom is -0.352 e. The number of aryl methyl sites for hydroxylation is 1. The van der Waals surface area contributed by atoms with E-state index >= 15 is 0 Å². The molecule has 0 bridgehead atoms. The van der Waals surface area contributed by atoms with Crippen molar-refractivity contribution < 1.29 is 18.0 Å². The zero-order chi connectivity index (χ0) is 28.6. The van der Waals surface area contributed by atoms with Gasteiger partial charge in [0.2, 0.25) is 11.8 Å². The summed E-state index contributed by atoms with van der Waals surface area (Å²) in [5.41, 5.74) is 2.16. The molecular weight excluding hydrogens is 534 g/mol. The van der Waals surface area contributed by atoms with E-state index in [1.807, 2.05) is 52.0 Å². The number of amides is 2. The summed E-state index contributed by atoms with van der Waals surface area (Å²) in [4.78, 5) is 28.9. The van der Waals surface area contributed by atoms with Crippen molar-refractivity contribution in [1.29, 1.82) is 0 Å². The monoisotopic (exact) mass is 569 g/mol. The summed E-state index contributed by atoms with van der Waals surface area (Å²) >= 11 is 6.07. The molecule has 0 aliphatic rings. The lowest BCUT2D eigenvalue weighted by Crippen LogP contribution is -2.53. The van der Waals surface area contributed by atoms with Crippen LogP contribution in [-0.2, 0) is 26.2 Å². The number of carbonyl (C=O) groups is 2. The van der Waals surface area contributed by atoms with Crippen molar-refractivity contribution in [3.05, 3.63) is 95.0 Å². The molecule has 0 aromatic heterocycles. The number of hydrogen-bond donors (Lipinski definition) is 1. The van der Waals surface area contributed by atoms with E-state index in [0.717, 1.165) is 21.9 Å². The lowest BCUT2D eigenvalue weighted by atomic mass is 10.1. The molecule has 0 spiro atoms. The van der Waals surface area contributed by atoms with Gasteiger partial charge in [-0.1, -0.05) is 73.5 Å². The van der Waals surface area contributed by atoms with Gasteiger partial charge < -0.3 is 10.2 Å². The van der Waals surface area contributed by atoms with E-state index in [2.05, 4.69) is 5.32 Å². The Morgan fingerprint density at radius 2 is 1.59 bits per heavy atom. The molecule has 0 saturated carbocycles. The SMILES string of the molecule is CC[C@H](C)NC(=O)[C@H](CC)N(Cc1cccc(C)c1)C(=O)CN(c1ccc(Cl)cc1)S(=O)(=O)c1ccccc1. The number of rotatable bonds is 12. The molecule has 2 atom stereocenters. The Labute approximate surface area is 236 Å². The summed E-state index contributed by atoms with van der Waals surface area (Å²) in [7, 11) is -4.11. The highest BCUT2D eigenvalue weighted by atomic mass is 35.5. The lowest BCUT2D eigenvalue weighted by Gasteiger charge is -2.33. The van der Waals surface area contributed by atoms with Gasteiger partial charge >= 0.3 is 0 Å². The Morgan fingerprint density at radius 1 is 0.923 bits per heavy atom. The molecule has 0 radical (unpaired) electrons. The highest BCUT2D eigenvalue weighted by Crippen LogP contribution is 2.26. The minimum absolute atomic E-state index is 0.0551. The standard InChI is InChI=1S/C30H36ClN3O4S/c1-5-23(4)32-30(36)28(6-2)33(20-24-12-10-11-22(3)19-24)29(35)21-34(26-17-15-25(31)16-18-26)39(37,38)27-13-8-7-9-14-27/h7-19,23,28H,5-6,20-21H2,1-4H3,(H,32,36)/t23-,28-/m0/s1. The second-order valence-electron chi connectivity index (χ2n) is 9.55. The molecule has 3 rings (SSSR count). The zero-order valence-electron chi connectivity index (χ0n) is 22.8. The molecule has 0 heterocycles. The highest BCUT2D eigenvalue weighted by molar-refractivity contribution is 7.92. The van der Waals surface area contributed by atoms with Crippen molar-refractivity contribution in [2.45, 2.75) is 64.1 Å². The van der Waals surface area contributed by atoms with Crippen LogP contribution in [0.4, 0.5) is 5.69 Å². The van der Waals surface area contributed by atoms with Gasteiger partial charge in [0.25, 0.3) is 10.0 Å². The molecule has 0 saturated heterocycles. The van der Waals surface area contributed by atoms with Crippen LogP contribution in [0.1, 0.15) is 44.7 Å². The molecule has 0 fully saturated rings. The first-order valence-corrected chi connectivity index (χ1v) is 14.9. The fourth-order valence-corrected chi connectivity index (χ4v) is 5.78. The Hall–Kier alpha value is -3.36. The Kier molecular flexibility index (Phi) is 10.5. The second kappa shape index (κ2) is 13.6. The van der Waals surface area contributed by atoms with E-state index in [9.17, 15) is 18.0 Å². The number of sulfonamides is 1. The summed E-state index contributed by atoms with van der Waals surface area (Å²) in [6.45, 7) is 7.35. The Morgan fingerprint density at radius 3 is 2.18 bits per heavy atom. The van der Waals surface area contributed by atoms with E-state index in [0.29, 0.717) is 17.1 Å². The van der Waals surface area contributed by atoms with Crippen molar-refractivity contribution in [2.75, 3.05) is 10.8 Å². The first-order valence-electron chi connectivity index (χ1n) is 13.1. The minimum atomic E-state index is -4.11. The van der Waals surface area contributed by atoms with Gasteiger partial charge in [-0.2, -0.15) is 0 Å². The third-order valence-corrected chi connectivity index (χ3v) is 8.59. The number of anilines is 1. The number of halogens is 1. The van der Waals surface area contributed by atoms with Gasteiger partial charge in [-0.3, -0.25) is 13.9 Å². The third-order valence-electron chi connectivity index (χ3n) is 6.55. The summed E-state index contributed by atoms with van der Waals surface area (Å²) in [6.07, 6.45) is 1.11. The maximum atomic E-state index is 14.0. The summed E-state index contributed by atoms with van der Waals surface area (Å²) < 4.78 is 28.6. The van der Waals surface area contributed by atoms with Gasteiger partial charge in [-0.05, 0) is 68.7 Å². The normalized spacial score (nSPS) is 12.8. The predicted molar refractivity (Wildman–Crippen MR) is 156 cm³/mol. The zero-order valence-corrected chi connectivity index (χ0v) is 24.4. The topological polar surface area (TPSA) is 86.8 Å². The second-order valence-corrected chi connectivity index (χ2v) is 11.9. The van der Waals surface area contributed by atoms with Crippen LogP contribution in [0.5, 0.6) is 0 Å². The van der Waals surface area contributed by atoms with Gasteiger partial charge in [0.1, 0.15) is 12.6 Å². The number of nitrogens with zero attached hydrogens (tertiary/aromatic N) is 2. The summed E-state index contributed by atoms with van der Waals surface area (Å²) in [5.74, 6) is -0.756. The molecule has 9 heteroatoms.